The van der Waals surface area contributed by atoms with E-state index in [-0.39, 0.29) is 5.57 Å². The van der Waals surface area contributed by atoms with Crippen LogP contribution in [0.1, 0.15) is 22.7 Å². The number of ether oxygens (including phenoxy) is 2. The quantitative estimate of drug-likeness (QED) is 0.395. The normalized spacial score (nSPS) is 18.0. The number of aryl methyl sites for hydroxylation is 1. The third-order valence-corrected chi connectivity index (χ3v) is 5.49. The van der Waals surface area contributed by atoms with Gasteiger partial charge in [-0.3, -0.25) is 9.59 Å². The molecule has 0 radical (unpaired) electrons. The Hall–Kier alpha value is -3.32. The smallest absolute Gasteiger partial charge is 0.295 e. The summed E-state index contributed by atoms with van der Waals surface area (Å²) in [5, 5.41) is 13.6. The van der Waals surface area contributed by atoms with Gasteiger partial charge in [0, 0.05) is 11.1 Å². The van der Waals surface area contributed by atoms with Crippen LogP contribution in [-0.4, -0.2) is 58.0 Å². The Morgan fingerprint density at radius 1 is 1.10 bits per heavy atom. The molecule has 0 bridgehead atoms. The van der Waals surface area contributed by atoms with Gasteiger partial charge in [0.15, 0.2) is 0 Å². The van der Waals surface area contributed by atoms with Gasteiger partial charge in [0.2, 0.25) is 5.78 Å². The van der Waals surface area contributed by atoms with Gasteiger partial charge in [0.25, 0.3) is 5.91 Å². The highest BCUT2D eigenvalue weighted by molar-refractivity contribution is 6.46. The standard InChI is InChI=1S/C24H28N2O5/c1-15-14-16(30-4)10-11-17(15)22(27)20-21(18-8-6-7-9-19(18)31-5)26(13-12-25(2)3)24(29)23(20)28/h6-11,14,21,27H,12-13H2,1-5H3. The van der Waals surface area contributed by atoms with Crippen molar-refractivity contribution in [2.24, 2.45) is 0 Å². The van der Waals surface area contributed by atoms with Crippen LogP contribution in [0.15, 0.2) is 48.0 Å². The third kappa shape index (κ3) is 4.27. The van der Waals surface area contributed by atoms with Gasteiger partial charge < -0.3 is 24.4 Å². The highest BCUT2D eigenvalue weighted by atomic mass is 16.5. The van der Waals surface area contributed by atoms with E-state index in [0.717, 1.165) is 4.90 Å². The lowest BCUT2D eigenvalue weighted by Gasteiger charge is -2.29. The molecule has 7 nitrogen and oxygen atoms in total. The van der Waals surface area contributed by atoms with E-state index in [1.165, 1.54) is 12.0 Å². The second kappa shape index (κ2) is 9.22. The molecule has 31 heavy (non-hydrogen) atoms. The number of likely N-dealkylation sites (tertiary alicyclic amines) is 1. The number of likely N-dealkylation sites (N-methyl/N-ethyl adjacent to an activating group) is 1. The molecule has 0 saturated carbocycles. The molecule has 1 unspecified atom stereocenters. The fourth-order valence-corrected chi connectivity index (χ4v) is 3.82. The summed E-state index contributed by atoms with van der Waals surface area (Å²) >= 11 is 0. The molecule has 164 valence electrons. The minimum Gasteiger partial charge on any atom is -0.872 e. The van der Waals surface area contributed by atoms with Gasteiger partial charge in [0.1, 0.15) is 11.5 Å². The molecule has 1 amide bonds. The third-order valence-electron chi connectivity index (χ3n) is 5.49. The SMILES string of the molecule is COc1ccc(C([O-])=C2C(=O)C(=O)N(CC[NH+](C)C)C2c2ccccc2OC)c(C)c1. The van der Waals surface area contributed by atoms with Crippen molar-refractivity contribution in [2.75, 3.05) is 41.4 Å². The van der Waals surface area contributed by atoms with E-state index in [4.69, 9.17) is 9.47 Å². The van der Waals surface area contributed by atoms with Gasteiger partial charge in [-0.25, -0.2) is 0 Å². The zero-order chi connectivity index (χ0) is 22.7. The molecule has 0 aliphatic carbocycles. The lowest BCUT2D eigenvalue weighted by atomic mass is 9.93. The maximum atomic E-state index is 13.6. The van der Waals surface area contributed by atoms with Gasteiger partial charge in [-0.05, 0) is 36.2 Å². The molecule has 2 aromatic rings. The van der Waals surface area contributed by atoms with E-state index in [9.17, 15) is 14.7 Å². The molecule has 7 heteroatoms. The summed E-state index contributed by atoms with van der Waals surface area (Å²) < 4.78 is 10.7. The Labute approximate surface area is 182 Å². The number of hydrogen-bond acceptors (Lipinski definition) is 5. The minimum absolute atomic E-state index is 0.0449. The van der Waals surface area contributed by atoms with E-state index in [1.54, 1.807) is 50.4 Å². The van der Waals surface area contributed by atoms with Crippen LogP contribution in [0.5, 0.6) is 11.5 Å². The Bertz CT molecular complexity index is 1030. The van der Waals surface area contributed by atoms with Crippen molar-refractivity contribution in [2.45, 2.75) is 13.0 Å². The monoisotopic (exact) mass is 424 g/mol. The van der Waals surface area contributed by atoms with E-state index in [0.29, 0.717) is 41.3 Å². The van der Waals surface area contributed by atoms with Gasteiger partial charge >= 0.3 is 0 Å². The molecule has 1 aliphatic rings. The topological polar surface area (TPSA) is 83.3 Å². The van der Waals surface area contributed by atoms with E-state index in [2.05, 4.69) is 0 Å². The molecule has 0 spiro atoms. The molecule has 1 heterocycles. The molecule has 3 rings (SSSR count). The van der Waals surface area contributed by atoms with Crippen LogP contribution in [0.3, 0.4) is 0 Å². The van der Waals surface area contributed by atoms with Crippen molar-refractivity contribution in [3.63, 3.8) is 0 Å². The Morgan fingerprint density at radius 3 is 2.42 bits per heavy atom. The zero-order valence-electron chi connectivity index (χ0n) is 18.5. The molecule has 0 aromatic heterocycles. The molecular weight excluding hydrogens is 396 g/mol. The van der Waals surface area contributed by atoms with Crippen LogP contribution < -0.4 is 19.5 Å². The number of rotatable bonds is 7. The number of quaternary nitrogens is 1. The van der Waals surface area contributed by atoms with E-state index in [1.807, 2.05) is 20.2 Å². The second-order valence-electron chi connectivity index (χ2n) is 7.85. The molecule has 1 fully saturated rings. The highest BCUT2D eigenvalue weighted by Gasteiger charge is 2.45. The van der Waals surface area contributed by atoms with Crippen LogP contribution in [0.4, 0.5) is 0 Å². The van der Waals surface area contributed by atoms with Crippen LogP contribution >= 0.6 is 0 Å². The number of methoxy groups -OCH3 is 2. The second-order valence-corrected chi connectivity index (χ2v) is 7.85. The van der Waals surface area contributed by atoms with Gasteiger partial charge in [-0.2, -0.15) is 0 Å². The summed E-state index contributed by atoms with van der Waals surface area (Å²) in [5.41, 5.74) is 1.62. The predicted molar refractivity (Wildman–Crippen MR) is 115 cm³/mol. The number of para-hydroxylation sites is 1. The Morgan fingerprint density at radius 2 is 1.81 bits per heavy atom. The largest absolute Gasteiger partial charge is 0.872 e. The van der Waals surface area contributed by atoms with Gasteiger partial charge in [-0.1, -0.05) is 30.0 Å². The number of benzene rings is 2. The predicted octanol–water partition coefficient (Wildman–Crippen LogP) is 0.381. The summed E-state index contributed by atoms with van der Waals surface area (Å²) in [6.07, 6.45) is 0. The average molecular weight is 424 g/mol. The first-order valence-corrected chi connectivity index (χ1v) is 10.1. The van der Waals surface area contributed by atoms with Crippen molar-refractivity contribution in [1.82, 2.24) is 4.90 Å². The zero-order valence-corrected chi connectivity index (χ0v) is 18.5. The van der Waals surface area contributed by atoms with Gasteiger partial charge in [0.05, 0.1) is 47.4 Å². The van der Waals surface area contributed by atoms with Crippen molar-refractivity contribution in [3.8, 4) is 11.5 Å². The summed E-state index contributed by atoms with van der Waals surface area (Å²) in [7, 11) is 7.02. The summed E-state index contributed by atoms with van der Waals surface area (Å²) in [5.74, 6) is -0.732. The lowest BCUT2D eigenvalue weighted by molar-refractivity contribution is -0.857. The van der Waals surface area contributed by atoms with Crippen molar-refractivity contribution >= 4 is 17.4 Å². The fourth-order valence-electron chi connectivity index (χ4n) is 3.82. The van der Waals surface area contributed by atoms with Crippen molar-refractivity contribution in [3.05, 3.63) is 64.7 Å². The maximum absolute atomic E-state index is 13.6. The number of carbonyl (C=O) groups excluding carboxylic acids is 2. The number of carbonyl (C=O) groups is 2. The van der Waals surface area contributed by atoms with Gasteiger partial charge in [-0.15, -0.1) is 0 Å². The number of ketones is 1. The van der Waals surface area contributed by atoms with Crippen LogP contribution in [0.2, 0.25) is 0 Å². The minimum atomic E-state index is -0.801. The summed E-state index contributed by atoms with van der Waals surface area (Å²) in [4.78, 5) is 28.7. The molecular formula is C24H28N2O5. The molecule has 1 N–H and O–H groups in total. The van der Waals surface area contributed by atoms with E-state index < -0.39 is 23.5 Å². The highest BCUT2D eigenvalue weighted by Crippen LogP contribution is 2.42. The first kappa shape index (κ1) is 22.4. The molecule has 1 saturated heterocycles. The summed E-state index contributed by atoms with van der Waals surface area (Å²) in [6, 6.07) is 11.4. The maximum Gasteiger partial charge on any atom is 0.295 e. The number of Topliss-reactive ketones (excluding diaryl/α,β-unsaturated/α-hetero) is 1. The van der Waals surface area contributed by atoms with Crippen LogP contribution in [-0.2, 0) is 9.59 Å². The first-order valence-electron chi connectivity index (χ1n) is 10.1. The first-order chi connectivity index (χ1) is 14.8. The van der Waals surface area contributed by atoms with Crippen molar-refractivity contribution in [1.29, 1.82) is 0 Å². The molecule has 1 atom stereocenters. The summed E-state index contributed by atoms with van der Waals surface area (Å²) in [6.45, 7) is 2.75. The number of amides is 1. The van der Waals surface area contributed by atoms with Crippen molar-refractivity contribution < 1.29 is 29.1 Å². The van der Waals surface area contributed by atoms with E-state index >= 15 is 0 Å². The Balaban J connectivity index is 2.21. The Kier molecular flexibility index (Phi) is 6.65. The van der Waals surface area contributed by atoms with Crippen LogP contribution in [0, 0.1) is 6.92 Å². The molecule has 2 aromatic carbocycles. The fraction of sp³-hybridized carbons (Fsp3) is 0.333. The lowest BCUT2D eigenvalue weighted by Crippen LogP contribution is -3.06. The number of hydrogen-bond donors (Lipinski definition) is 1. The number of nitrogens with one attached hydrogen (secondary N) is 1. The molecule has 1 aliphatic heterocycles. The average Bonchev–Trinajstić information content (AvgIpc) is 3.01. The number of nitrogens with zero attached hydrogens (tertiary/aromatic N) is 1. The van der Waals surface area contributed by atoms with Crippen LogP contribution in [0.25, 0.3) is 5.76 Å².